The number of esters is 1. The molecule has 0 bridgehead atoms. The van der Waals surface area contributed by atoms with Crippen LogP contribution in [0.4, 0.5) is 5.13 Å². The Bertz CT molecular complexity index is 339. The number of carbonyl (C=O) groups is 1. The van der Waals surface area contributed by atoms with Crippen LogP contribution in [0.5, 0.6) is 0 Å². The van der Waals surface area contributed by atoms with E-state index in [4.69, 9.17) is 4.74 Å². The molecule has 0 unspecified atom stereocenters. The summed E-state index contributed by atoms with van der Waals surface area (Å²) in [5.41, 5.74) is 0.784. The summed E-state index contributed by atoms with van der Waals surface area (Å²) in [5, 5.41) is 6.05. The van der Waals surface area contributed by atoms with Gasteiger partial charge in [0, 0.05) is 11.9 Å². The molecule has 1 aromatic rings. The van der Waals surface area contributed by atoms with Crippen molar-refractivity contribution in [3.63, 3.8) is 0 Å². The van der Waals surface area contributed by atoms with Crippen LogP contribution in [0.3, 0.4) is 0 Å². The molecular formula is C12H20N2O2S. The Balaban J connectivity index is 2.29. The number of nitrogens with one attached hydrogen (secondary N) is 1. The SMILES string of the molecule is CCCCCNc1nc(CC(=O)OCC)cs1. The average Bonchev–Trinajstić information content (AvgIpc) is 2.72. The lowest BCUT2D eigenvalue weighted by atomic mass is 10.2. The predicted octanol–water partition coefficient (Wildman–Crippen LogP) is 2.85. The maximum atomic E-state index is 11.2. The van der Waals surface area contributed by atoms with Gasteiger partial charge in [-0.3, -0.25) is 4.79 Å². The Hall–Kier alpha value is -1.10. The summed E-state index contributed by atoms with van der Waals surface area (Å²) >= 11 is 1.54. The van der Waals surface area contributed by atoms with Gasteiger partial charge in [0.15, 0.2) is 5.13 Å². The number of anilines is 1. The van der Waals surface area contributed by atoms with Crippen molar-refractivity contribution in [1.82, 2.24) is 4.98 Å². The monoisotopic (exact) mass is 256 g/mol. The molecule has 17 heavy (non-hydrogen) atoms. The number of hydrogen-bond acceptors (Lipinski definition) is 5. The summed E-state index contributed by atoms with van der Waals surface area (Å²) in [4.78, 5) is 15.6. The summed E-state index contributed by atoms with van der Waals surface area (Å²) in [7, 11) is 0. The van der Waals surface area contributed by atoms with Crippen LogP contribution in [-0.4, -0.2) is 24.1 Å². The van der Waals surface area contributed by atoms with Crippen LogP contribution in [0.2, 0.25) is 0 Å². The fraction of sp³-hybridized carbons (Fsp3) is 0.667. The third-order valence-electron chi connectivity index (χ3n) is 2.24. The standard InChI is InChI=1S/C12H20N2O2S/c1-3-5-6-7-13-12-14-10(9-17-12)8-11(15)16-4-2/h9H,3-8H2,1-2H3,(H,13,14). The van der Waals surface area contributed by atoms with E-state index in [9.17, 15) is 4.79 Å². The molecule has 1 heterocycles. The van der Waals surface area contributed by atoms with Crippen molar-refractivity contribution in [2.24, 2.45) is 0 Å². The molecule has 0 fully saturated rings. The lowest BCUT2D eigenvalue weighted by Gasteiger charge is -2.01. The van der Waals surface area contributed by atoms with Crippen molar-refractivity contribution in [2.45, 2.75) is 39.5 Å². The number of rotatable bonds is 8. The minimum Gasteiger partial charge on any atom is -0.466 e. The van der Waals surface area contributed by atoms with Crippen LogP contribution in [0, 0.1) is 0 Å². The molecule has 0 saturated carbocycles. The van der Waals surface area contributed by atoms with Gasteiger partial charge in [-0.2, -0.15) is 0 Å². The fourth-order valence-corrected chi connectivity index (χ4v) is 2.14. The van der Waals surface area contributed by atoms with E-state index in [0.717, 1.165) is 23.8 Å². The Morgan fingerprint density at radius 1 is 1.47 bits per heavy atom. The third kappa shape index (κ3) is 5.68. The maximum Gasteiger partial charge on any atom is 0.311 e. The number of unbranched alkanes of at least 4 members (excludes halogenated alkanes) is 2. The second-order valence-electron chi connectivity index (χ2n) is 3.76. The summed E-state index contributed by atoms with van der Waals surface area (Å²) in [6, 6.07) is 0. The molecule has 0 spiro atoms. The first-order valence-electron chi connectivity index (χ1n) is 6.10. The van der Waals surface area contributed by atoms with E-state index < -0.39 is 0 Å². The highest BCUT2D eigenvalue weighted by Gasteiger charge is 2.07. The molecule has 1 aromatic heterocycles. The Morgan fingerprint density at radius 3 is 3.00 bits per heavy atom. The number of carbonyl (C=O) groups excluding carboxylic acids is 1. The van der Waals surface area contributed by atoms with Crippen LogP contribution in [-0.2, 0) is 16.0 Å². The number of nitrogens with zero attached hydrogens (tertiary/aromatic N) is 1. The lowest BCUT2D eigenvalue weighted by Crippen LogP contribution is -2.08. The molecule has 0 radical (unpaired) electrons. The van der Waals surface area contributed by atoms with E-state index in [-0.39, 0.29) is 12.4 Å². The van der Waals surface area contributed by atoms with Gasteiger partial charge in [0.1, 0.15) is 0 Å². The fourth-order valence-electron chi connectivity index (χ4n) is 1.40. The van der Waals surface area contributed by atoms with Crippen molar-refractivity contribution in [3.05, 3.63) is 11.1 Å². The molecule has 0 aliphatic carbocycles. The normalized spacial score (nSPS) is 10.2. The molecule has 5 heteroatoms. The highest BCUT2D eigenvalue weighted by molar-refractivity contribution is 7.13. The summed E-state index contributed by atoms with van der Waals surface area (Å²) in [5.74, 6) is -0.213. The highest BCUT2D eigenvalue weighted by Crippen LogP contribution is 2.16. The van der Waals surface area contributed by atoms with Gasteiger partial charge >= 0.3 is 5.97 Å². The summed E-state index contributed by atoms with van der Waals surface area (Å²) < 4.78 is 4.87. The van der Waals surface area contributed by atoms with Gasteiger partial charge in [0.05, 0.1) is 18.7 Å². The first-order valence-corrected chi connectivity index (χ1v) is 6.98. The van der Waals surface area contributed by atoms with Crippen molar-refractivity contribution in [1.29, 1.82) is 0 Å². The molecule has 0 amide bonds. The molecule has 0 aliphatic heterocycles. The van der Waals surface area contributed by atoms with Gasteiger partial charge in [0.25, 0.3) is 0 Å². The average molecular weight is 256 g/mol. The van der Waals surface area contributed by atoms with Crippen LogP contribution >= 0.6 is 11.3 Å². The van der Waals surface area contributed by atoms with Crippen LogP contribution in [0.15, 0.2) is 5.38 Å². The van der Waals surface area contributed by atoms with Gasteiger partial charge in [0.2, 0.25) is 0 Å². The van der Waals surface area contributed by atoms with Crippen molar-refractivity contribution in [2.75, 3.05) is 18.5 Å². The van der Waals surface area contributed by atoms with E-state index in [1.165, 1.54) is 24.2 Å². The van der Waals surface area contributed by atoms with E-state index in [0.29, 0.717) is 6.61 Å². The quantitative estimate of drug-likeness (QED) is 0.574. The minimum atomic E-state index is -0.213. The molecule has 0 saturated heterocycles. The first-order chi connectivity index (χ1) is 8.26. The smallest absolute Gasteiger partial charge is 0.311 e. The number of aromatic nitrogens is 1. The Kier molecular flexibility index (Phi) is 6.62. The van der Waals surface area contributed by atoms with Crippen LogP contribution in [0.1, 0.15) is 38.8 Å². The zero-order valence-corrected chi connectivity index (χ0v) is 11.3. The second-order valence-corrected chi connectivity index (χ2v) is 4.62. The Morgan fingerprint density at radius 2 is 2.29 bits per heavy atom. The molecule has 1 rings (SSSR count). The van der Waals surface area contributed by atoms with Crippen molar-refractivity contribution in [3.8, 4) is 0 Å². The minimum absolute atomic E-state index is 0.213. The molecule has 0 atom stereocenters. The van der Waals surface area contributed by atoms with E-state index >= 15 is 0 Å². The van der Waals surface area contributed by atoms with Gasteiger partial charge in [-0.05, 0) is 13.3 Å². The molecule has 1 N–H and O–H groups in total. The third-order valence-corrected chi connectivity index (χ3v) is 3.09. The summed E-state index contributed by atoms with van der Waals surface area (Å²) in [6.45, 7) is 5.35. The molecule has 0 aliphatic rings. The second kappa shape index (κ2) is 8.06. The number of thiazole rings is 1. The van der Waals surface area contributed by atoms with Crippen molar-refractivity contribution < 1.29 is 9.53 Å². The highest BCUT2D eigenvalue weighted by atomic mass is 32.1. The van der Waals surface area contributed by atoms with Crippen LogP contribution < -0.4 is 5.32 Å². The zero-order valence-electron chi connectivity index (χ0n) is 10.5. The first kappa shape index (κ1) is 14.0. The van der Waals surface area contributed by atoms with E-state index in [1.54, 1.807) is 6.92 Å². The van der Waals surface area contributed by atoms with Crippen LogP contribution in [0.25, 0.3) is 0 Å². The number of hydrogen-bond donors (Lipinski definition) is 1. The maximum absolute atomic E-state index is 11.2. The zero-order chi connectivity index (χ0) is 12.5. The number of ether oxygens (including phenoxy) is 1. The lowest BCUT2D eigenvalue weighted by molar-refractivity contribution is -0.142. The van der Waals surface area contributed by atoms with Gasteiger partial charge in [-0.25, -0.2) is 4.98 Å². The summed E-state index contributed by atoms with van der Waals surface area (Å²) in [6.07, 6.45) is 3.87. The molecule has 4 nitrogen and oxygen atoms in total. The predicted molar refractivity (Wildman–Crippen MR) is 70.5 cm³/mol. The van der Waals surface area contributed by atoms with E-state index in [2.05, 4.69) is 17.2 Å². The molecule has 96 valence electrons. The largest absolute Gasteiger partial charge is 0.466 e. The van der Waals surface area contributed by atoms with Gasteiger partial charge in [-0.15, -0.1) is 11.3 Å². The van der Waals surface area contributed by atoms with Gasteiger partial charge in [-0.1, -0.05) is 19.8 Å². The Labute approximate surface area is 106 Å². The molecular weight excluding hydrogens is 236 g/mol. The topological polar surface area (TPSA) is 51.2 Å². The van der Waals surface area contributed by atoms with E-state index in [1.807, 2.05) is 5.38 Å². The van der Waals surface area contributed by atoms with Crippen molar-refractivity contribution >= 4 is 22.4 Å². The van der Waals surface area contributed by atoms with Gasteiger partial charge < -0.3 is 10.1 Å². The molecule has 0 aromatic carbocycles.